The molecule has 0 fully saturated rings. The van der Waals surface area contributed by atoms with Gasteiger partial charge in [-0.3, -0.25) is 0 Å². The van der Waals surface area contributed by atoms with Crippen molar-refractivity contribution >= 4 is 5.82 Å². The summed E-state index contributed by atoms with van der Waals surface area (Å²) in [6.45, 7) is 1.76. The summed E-state index contributed by atoms with van der Waals surface area (Å²) >= 11 is 0. The van der Waals surface area contributed by atoms with Crippen LogP contribution in [0, 0.1) is 0 Å². The van der Waals surface area contributed by atoms with E-state index in [0.29, 0.717) is 5.82 Å². The van der Waals surface area contributed by atoms with Crippen molar-refractivity contribution in [3.05, 3.63) is 18.1 Å². The Morgan fingerprint density at radius 1 is 1.33 bits per heavy atom. The van der Waals surface area contributed by atoms with Crippen LogP contribution in [0.15, 0.2) is 12.4 Å². The highest BCUT2D eigenvalue weighted by molar-refractivity contribution is 5.34. The average molecular weight is 219 g/mol. The van der Waals surface area contributed by atoms with Crippen LogP contribution in [0.2, 0.25) is 0 Å². The molecular formula is C9H12F3N3. The lowest BCUT2D eigenvalue weighted by molar-refractivity contribution is -0.131. The van der Waals surface area contributed by atoms with Gasteiger partial charge in [0.25, 0.3) is 0 Å². The molecule has 3 nitrogen and oxygen atoms in total. The highest BCUT2D eigenvalue weighted by Gasteiger charge is 2.26. The van der Waals surface area contributed by atoms with Gasteiger partial charge >= 0.3 is 6.18 Å². The van der Waals surface area contributed by atoms with E-state index in [0.717, 1.165) is 12.1 Å². The normalized spacial score (nSPS) is 11.5. The standard InChI is InChI=1S/C9H12F3N3/c1-2-7-5-8(15-6-14-7)13-4-3-9(10,11)12/h5-6H,2-4H2,1H3,(H,13,14,15). The maximum atomic E-state index is 11.8. The minimum absolute atomic E-state index is 0.163. The molecule has 0 aliphatic heterocycles. The van der Waals surface area contributed by atoms with E-state index in [1.165, 1.54) is 6.33 Å². The molecule has 0 spiro atoms. The van der Waals surface area contributed by atoms with Crippen molar-refractivity contribution in [3.8, 4) is 0 Å². The van der Waals surface area contributed by atoms with Gasteiger partial charge in [-0.25, -0.2) is 9.97 Å². The number of hydrogen-bond acceptors (Lipinski definition) is 3. The molecule has 0 saturated carbocycles. The van der Waals surface area contributed by atoms with Gasteiger partial charge in [0.1, 0.15) is 12.1 Å². The van der Waals surface area contributed by atoms with Gasteiger partial charge < -0.3 is 5.32 Å². The van der Waals surface area contributed by atoms with Crippen molar-refractivity contribution in [2.75, 3.05) is 11.9 Å². The van der Waals surface area contributed by atoms with E-state index >= 15 is 0 Å². The summed E-state index contributed by atoms with van der Waals surface area (Å²) in [6, 6.07) is 1.65. The quantitative estimate of drug-likeness (QED) is 0.844. The first-order valence-corrected chi connectivity index (χ1v) is 4.63. The van der Waals surface area contributed by atoms with Crippen LogP contribution in [0.25, 0.3) is 0 Å². The van der Waals surface area contributed by atoms with E-state index in [1.54, 1.807) is 6.07 Å². The third-order valence-corrected chi connectivity index (χ3v) is 1.80. The molecule has 0 bridgehead atoms. The van der Waals surface area contributed by atoms with Gasteiger partial charge in [-0.15, -0.1) is 0 Å². The fourth-order valence-corrected chi connectivity index (χ4v) is 1.02. The summed E-state index contributed by atoms with van der Waals surface area (Å²) in [5, 5.41) is 2.60. The minimum Gasteiger partial charge on any atom is -0.370 e. The molecule has 0 aliphatic carbocycles. The lowest BCUT2D eigenvalue weighted by Crippen LogP contribution is -2.15. The van der Waals surface area contributed by atoms with E-state index < -0.39 is 12.6 Å². The van der Waals surface area contributed by atoms with Crippen LogP contribution < -0.4 is 5.32 Å². The van der Waals surface area contributed by atoms with Gasteiger partial charge in [0.15, 0.2) is 0 Å². The third-order valence-electron chi connectivity index (χ3n) is 1.80. The molecule has 0 saturated heterocycles. The van der Waals surface area contributed by atoms with Gasteiger partial charge in [0, 0.05) is 18.3 Å². The van der Waals surface area contributed by atoms with E-state index in [-0.39, 0.29) is 6.54 Å². The summed E-state index contributed by atoms with van der Waals surface area (Å²) in [5.41, 5.74) is 0.805. The zero-order valence-electron chi connectivity index (χ0n) is 8.30. The van der Waals surface area contributed by atoms with Crippen LogP contribution in [0.4, 0.5) is 19.0 Å². The van der Waals surface area contributed by atoms with Crippen LogP contribution in [0.1, 0.15) is 19.0 Å². The third kappa shape index (κ3) is 4.62. The molecule has 1 aromatic rings. The van der Waals surface area contributed by atoms with E-state index in [4.69, 9.17) is 0 Å². The number of aryl methyl sites for hydroxylation is 1. The number of aromatic nitrogens is 2. The van der Waals surface area contributed by atoms with Gasteiger partial charge in [0.05, 0.1) is 6.42 Å². The maximum Gasteiger partial charge on any atom is 0.390 e. The fourth-order valence-electron chi connectivity index (χ4n) is 1.02. The molecule has 1 N–H and O–H groups in total. The topological polar surface area (TPSA) is 37.8 Å². The Morgan fingerprint density at radius 2 is 2.07 bits per heavy atom. The Balaban J connectivity index is 2.44. The first-order chi connectivity index (χ1) is 7.01. The summed E-state index contributed by atoms with van der Waals surface area (Å²) < 4.78 is 35.5. The molecule has 0 aliphatic rings. The lowest BCUT2D eigenvalue weighted by atomic mass is 10.3. The van der Waals surface area contributed by atoms with Crippen LogP contribution in [-0.2, 0) is 6.42 Å². The molecule has 0 radical (unpaired) electrons. The highest BCUT2D eigenvalue weighted by Crippen LogP contribution is 2.19. The van der Waals surface area contributed by atoms with Crippen molar-refractivity contribution in [1.29, 1.82) is 0 Å². The first-order valence-electron chi connectivity index (χ1n) is 4.63. The van der Waals surface area contributed by atoms with Crippen molar-refractivity contribution < 1.29 is 13.2 Å². The number of halogens is 3. The smallest absolute Gasteiger partial charge is 0.370 e. The number of nitrogens with zero attached hydrogens (tertiary/aromatic N) is 2. The zero-order valence-corrected chi connectivity index (χ0v) is 8.30. The van der Waals surface area contributed by atoms with Crippen LogP contribution in [0.5, 0.6) is 0 Å². The van der Waals surface area contributed by atoms with Crippen LogP contribution >= 0.6 is 0 Å². The second-order valence-corrected chi connectivity index (χ2v) is 3.04. The van der Waals surface area contributed by atoms with Gasteiger partial charge in [-0.05, 0) is 6.42 Å². The molecule has 6 heteroatoms. The highest BCUT2D eigenvalue weighted by atomic mass is 19.4. The predicted octanol–water partition coefficient (Wildman–Crippen LogP) is 2.40. The van der Waals surface area contributed by atoms with E-state index in [2.05, 4.69) is 15.3 Å². The minimum atomic E-state index is -4.13. The average Bonchev–Trinajstić information content (AvgIpc) is 2.16. The number of nitrogens with one attached hydrogen (secondary N) is 1. The van der Waals surface area contributed by atoms with E-state index in [1.807, 2.05) is 6.92 Å². The molecule has 0 unspecified atom stereocenters. The molecule has 0 atom stereocenters. The Kier molecular flexibility index (Phi) is 3.88. The maximum absolute atomic E-state index is 11.8. The SMILES string of the molecule is CCc1cc(NCCC(F)(F)F)ncn1. The Hall–Kier alpha value is -1.33. The molecule has 1 heterocycles. The summed E-state index contributed by atoms with van der Waals surface area (Å²) in [7, 11) is 0. The number of anilines is 1. The number of rotatable bonds is 4. The monoisotopic (exact) mass is 219 g/mol. The van der Waals surface area contributed by atoms with Gasteiger partial charge in [0.2, 0.25) is 0 Å². The fraction of sp³-hybridized carbons (Fsp3) is 0.556. The van der Waals surface area contributed by atoms with E-state index in [9.17, 15) is 13.2 Å². The first kappa shape index (κ1) is 11.7. The molecular weight excluding hydrogens is 207 g/mol. The largest absolute Gasteiger partial charge is 0.390 e. The van der Waals surface area contributed by atoms with Crippen molar-refractivity contribution in [3.63, 3.8) is 0 Å². The Bertz CT molecular complexity index is 312. The van der Waals surface area contributed by atoms with Crippen LogP contribution in [0.3, 0.4) is 0 Å². The zero-order chi connectivity index (χ0) is 11.3. The molecule has 0 aromatic carbocycles. The van der Waals surface area contributed by atoms with Crippen molar-refractivity contribution in [2.45, 2.75) is 25.9 Å². The van der Waals surface area contributed by atoms with Gasteiger partial charge in [-0.2, -0.15) is 13.2 Å². The molecule has 1 aromatic heterocycles. The summed E-state index contributed by atoms with van der Waals surface area (Å²) in [5.74, 6) is 0.436. The Morgan fingerprint density at radius 3 is 2.67 bits per heavy atom. The molecule has 15 heavy (non-hydrogen) atoms. The number of hydrogen-bond donors (Lipinski definition) is 1. The van der Waals surface area contributed by atoms with Crippen molar-refractivity contribution in [2.24, 2.45) is 0 Å². The lowest BCUT2D eigenvalue weighted by Gasteiger charge is -2.08. The second-order valence-electron chi connectivity index (χ2n) is 3.04. The second kappa shape index (κ2) is 4.95. The Labute approximate surface area is 85.7 Å². The molecule has 1 rings (SSSR count). The summed E-state index contributed by atoms with van der Waals surface area (Å²) in [4.78, 5) is 7.76. The predicted molar refractivity (Wildman–Crippen MR) is 50.6 cm³/mol. The van der Waals surface area contributed by atoms with Crippen molar-refractivity contribution in [1.82, 2.24) is 9.97 Å². The van der Waals surface area contributed by atoms with Crippen LogP contribution in [-0.4, -0.2) is 22.7 Å². The van der Waals surface area contributed by atoms with Gasteiger partial charge in [-0.1, -0.05) is 6.92 Å². The molecule has 84 valence electrons. The number of alkyl halides is 3. The molecule has 0 amide bonds. The summed E-state index contributed by atoms with van der Waals surface area (Å²) in [6.07, 6.45) is -2.92.